The molecule has 26 heavy (non-hydrogen) atoms. The van der Waals surface area contributed by atoms with Gasteiger partial charge in [-0.25, -0.2) is 4.79 Å². The number of amides is 1. The summed E-state index contributed by atoms with van der Waals surface area (Å²) >= 11 is 0. The number of benzene rings is 3. The number of carbonyl (C=O) groups is 2. The van der Waals surface area contributed by atoms with E-state index in [1.165, 1.54) is 0 Å². The zero-order chi connectivity index (χ0) is 18.4. The van der Waals surface area contributed by atoms with Crippen molar-refractivity contribution in [2.45, 2.75) is 13.5 Å². The van der Waals surface area contributed by atoms with E-state index >= 15 is 0 Å². The Morgan fingerprint density at radius 3 is 2.08 bits per heavy atom. The molecule has 0 heterocycles. The van der Waals surface area contributed by atoms with Crippen molar-refractivity contribution in [3.05, 3.63) is 101 Å². The molecule has 0 fully saturated rings. The molecule has 0 aliphatic rings. The highest BCUT2D eigenvalue weighted by Gasteiger charge is 2.09. The van der Waals surface area contributed by atoms with Crippen molar-refractivity contribution in [2.24, 2.45) is 0 Å². The van der Waals surface area contributed by atoms with Gasteiger partial charge in [0.25, 0.3) is 5.91 Å². The smallest absolute Gasteiger partial charge is 0.338 e. The van der Waals surface area contributed by atoms with Gasteiger partial charge in [0.1, 0.15) is 6.61 Å². The Morgan fingerprint density at radius 1 is 0.808 bits per heavy atom. The van der Waals surface area contributed by atoms with Gasteiger partial charge in [-0.05, 0) is 48.9 Å². The first-order chi connectivity index (χ1) is 12.6. The molecular weight excluding hydrogens is 326 g/mol. The molecule has 1 amide bonds. The Balaban J connectivity index is 1.56. The Hall–Kier alpha value is -3.40. The van der Waals surface area contributed by atoms with E-state index in [2.05, 4.69) is 5.32 Å². The molecule has 0 spiro atoms. The molecule has 3 aromatic rings. The molecule has 1 N–H and O–H groups in total. The van der Waals surface area contributed by atoms with Crippen LogP contribution in [0.25, 0.3) is 0 Å². The summed E-state index contributed by atoms with van der Waals surface area (Å²) < 4.78 is 5.31. The van der Waals surface area contributed by atoms with E-state index in [0.717, 1.165) is 16.8 Å². The number of ether oxygens (including phenoxy) is 1. The van der Waals surface area contributed by atoms with Crippen LogP contribution in [0.15, 0.2) is 78.9 Å². The molecule has 0 bridgehead atoms. The molecule has 3 aromatic carbocycles. The van der Waals surface area contributed by atoms with E-state index < -0.39 is 0 Å². The highest BCUT2D eigenvalue weighted by molar-refractivity contribution is 6.04. The van der Waals surface area contributed by atoms with Gasteiger partial charge in [-0.2, -0.15) is 0 Å². The Morgan fingerprint density at radius 2 is 1.42 bits per heavy atom. The van der Waals surface area contributed by atoms with Crippen molar-refractivity contribution in [3.63, 3.8) is 0 Å². The quantitative estimate of drug-likeness (QED) is 0.687. The van der Waals surface area contributed by atoms with Gasteiger partial charge in [0.2, 0.25) is 0 Å². The first-order valence-electron chi connectivity index (χ1n) is 8.31. The third-order valence-electron chi connectivity index (χ3n) is 3.90. The second-order valence-electron chi connectivity index (χ2n) is 5.96. The van der Waals surface area contributed by atoms with E-state index in [0.29, 0.717) is 11.1 Å². The summed E-state index contributed by atoms with van der Waals surface area (Å²) in [6.45, 7) is 2.12. The molecule has 0 saturated carbocycles. The average molecular weight is 345 g/mol. The highest BCUT2D eigenvalue weighted by atomic mass is 16.5. The first-order valence-corrected chi connectivity index (χ1v) is 8.31. The largest absolute Gasteiger partial charge is 0.457 e. The molecule has 130 valence electrons. The number of nitrogens with one attached hydrogen (secondary N) is 1. The van der Waals surface area contributed by atoms with Gasteiger partial charge in [-0.1, -0.05) is 48.0 Å². The number of para-hydroxylation sites is 1. The lowest BCUT2D eigenvalue weighted by Crippen LogP contribution is -2.11. The van der Waals surface area contributed by atoms with Crippen LogP contribution in [-0.4, -0.2) is 11.9 Å². The lowest BCUT2D eigenvalue weighted by molar-refractivity contribution is 0.0472. The number of hydrogen-bond donors (Lipinski definition) is 1. The summed E-state index contributed by atoms with van der Waals surface area (Å²) in [5.74, 6) is -0.546. The van der Waals surface area contributed by atoms with Crippen LogP contribution in [0.3, 0.4) is 0 Å². The fourth-order valence-corrected chi connectivity index (χ4v) is 2.40. The van der Waals surface area contributed by atoms with Gasteiger partial charge in [0, 0.05) is 11.3 Å². The van der Waals surface area contributed by atoms with Crippen molar-refractivity contribution < 1.29 is 14.3 Å². The summed E-state index contributed by atoms with van der Waals surface area (Å²) in [5.41, 5.74) is 3.72. The molecule has 0 aliphatic heterocycles. The molecule has 0 radical (unpaired) electrons. The van der Waals surface area contributed by atoms with Crippen molar-refractivity contribution in [1.29, 1.82) is 0 Å². The first kappa shape index (κ1) is 17.4. The van der Waals surface area contributed by atoms with E-state index in [4.69, 9.17) is 4.74 Å². The topological polar surface area (TPSA) is 55.4 Å². The molecule has 0 saturated heterocycles. The van der Waals surface area contributed by atoms with Gasteiger partial charge in [0.05, 0.1) is 5.56 Å². The molecule has 3 rings (SSSR count). The summed E-state index contributed by atoms with van der Waals surface area (Å²) in [4.78, 5) is 24.2. The number of carbonyl (C=O) groups excluding carboxylic acids is 2. The lowest BCUT2D eigenvalue weighted by Gasteiger charge is -2.07. The minimum absolute atomic E-state index is 0.160. The van der Waals surface area contributed by atoms with Gasteiger partial charge in [0.15, 0.2) is 0 Å². The van der Waals surface area contributed by atoms with E-state index in [-0.39, 0.29) is 18.5 Å². The third-order valence-corrected chi connectivity index (χ3v) is 3.90. The number of anilines is 1. The summed E-state index contributed by atoms with van der Waals surface area (Å²) in [6.07, 6.45) is 0. The Kier molecular flexibility index (Phi) is 5.44. The summed E-state index contributed by atoms with van der Waals surface area (Å²) in [6, 6.07) is 23.5. The third kappa shape index (κ3) is 4.57. The van der Waals surface area contributed by atoms with Crippen molar-refractivity contribution >= 4 is 17.6 Å². The molecule has 4 heteroatoms. The van der Waals surface area contributed by atoms with Crippen LogP contribution in [0, 0.1) is 6.92 Å². The van der Waals surface area contributed by atoms with Crippen molar-refractivity contribution in [2.75, 3.05) is 5.32 Å². The van der Waals surface area contributed by atoms with Crippen LogP contribution < -0.4 is 5.32 Å². The van der Waals surface area contributed by atoms with Crippen LogP contribution in [-0.2, 0) is 11.3 Å². The summed E-state index contributed by atoms with van der Waals surface area (Å²) in [7, 11) is 0. The maximum Gasteiger partial charge on any atom is 0.338 e. The summed E-state index contributed by atoms with van der Waals surface area (Å²) in [5, 5.41) is 2.83. The van der Waals surface area contributed by atoms with Crippen LogP contribution in [0.1, 0.15) is 31.8 Å². The predicted molar refractivity (Wildman–Crippen MR) is 101 cm³/mol. The molecular formula is C22H19NO3. The van der Waals surface area contributed by atoms with Crippen LogP contribution >= 0.6 is 0 Å². The minimum Gasteiger partial charge on any atom is -0.457 e. The fraction of sp³-hybridized carbons (Fsp3) is 0.0909. The number of aryl methyl sites for hydroxylation is 1. The normalized spacial score (nSPS) is 10.2. The van der Waals surface area contributed by atoms with Gasteiger partial charge in [-0.3, -0.25) is 4.79 Å². The number of esters is 1. The Labute approximate surface area is 152 Å². The maximum atomic E-state index is 12.2. The van der Waals surface area contributed by atoms with Gasteiger partial charge < -0.3 is 10.1 Å². The number of rotatable bonds is 5. The van der Waals surface area contributed by atoms with Crippen molar-refractivity contribution in [1.82, 2.24) is 0 Å². The second kappa shape index (κ2) is 8.12. The number of hydrogen-bond acceptors (Lipinski definition) is 3. The van der Waals surface area contributed by atoms with E-state index in [1.54, 1.807) is 36.4 Å². The second-order valence-corrected chi connectivity index (χ2v) is 5.96. The predicted octanol–water partition coefficient (Wildman–Crippen LogP) is 4.60. The van der Waals surface area contributed by atoms with Gasteiger partial charge in [-0.15, -0.1) is 0 Å². The molecule has 0 unspecified atom stereocenters. The molecule has 0 aliphatic carbocycles. The monoisotopic (exact) mass is 345 g/mol. The molecule has 4 nitrogen and oxygen atoms in total. The Bertz CT molecular complexity index is 885. The van der Waals surface area contributed by atoms with E-state index in [1.807, 2.05) is 49.4 Å². The zero-order valence-electron chi connectivity index (χ0n) is 14.4. The van der Waals surface area contributed by atoms with Crippen LogP contribution in [0.4, 0.5) is 5.69 Å². The molecule has 0 aromatic heterocycles. The van der Waals surface area contributed by atoms with E-state index in [9.17, 15) is 9.59 Å². The standard InChI is InChI=1S/C22H19NO3/c1-16-7-11-19(12-8-16)22(25)26-15-17-9-13-18(14-10-17)21(24)23-20-5-3-2-4-6-20/h2-14H,15H2,1H3,(H,23,24). The maximum absolute atomic E-state index is 12.2. The SMILES string of the molecule is Cc1ccc(C(=O)OCc2ccc(C(=O)Nc3ccccc3)cc2)cc1. The average Bonchev–Trinajstić information content (AvgIpc) is 2.68. The van der Waals surface area contributed by atoms with Crippen LogP contribution in [0.5, 0.6) is 0 Å². The fourth-order valence-electron chi connectivity index (χ4n) is 2.40. The molecule has 0 atom stereocenters. The van der Waals surface area contributed by atoms with Gasteiger partial charge >= 0.3 is 5.97 Å². The zero-order valence-corrected chi connectivity index (χ0v) is 14.4. The van der Waals surface area contributed by atoms with Crippen LogP contribution in [0.2, 0.25) is 0 Å². The van der Waals surface area contributed by atoms with Crippen molar-refractivity contribution in [3.8, 4) is 0 Å². The lowest BCUT2D eigenvalue weighted by atomic mass is 10.1. The highest BCUT2D eigenvalue weighted by Crippen LogP contribution is 2.12. The minimum atomic E-state index is -0.365.